The fraction of sp³-hybridized carbons (Fsp3) is 0.167. The van der Waals surface area contributed by atoms with Gasteiger partial charge in [-0.2, -0.15) is 5.10 Å². The molecular weight excluding hydrogens is 469 g/mol. The van der Waals surface area contributed by atoms with Gasteiger partial charge >= 0.3 is 0 Å². The first-order chi connectivity index (χ1) is 13.3. The Morgan fingerprint density at radius 1 is 1.04 bits per heavy atom. The second-order valence-electron chi connectivity index (χ2n) is 5.80. The number of nitrogens with zero attached hydrogens (tertiary/aromatic N) is 7. The first-order valence-electron chi connectivity index (χ1n) is 8.51. The fourth-order valence-corrected chi connectivity index (χ4v) is 2.68. The van der Waals surface area contributed by atoms with E-state index in [1.165, 1.54) is 0 Å². The van der Waals surface area contributed by atoms with Crippen molar-refractivity contribution in [1.29, 1.82) is 0 Å². The molecule has 28 heavy (non-hydrogen) atoms. The summed E-state index contributed by atoms with van der Waals surface area (Å²) < 4.78 is 3.67. The molecule has 0 saturated carbocycles. The van der Waals surface area contributed by atoms with Gasteiger partial charge in [0.25, 0.3) is 0 Å². The fourth-order valence-electron chi connectivity index (χ4n) is 2.68. The second-order valence-corrected chi connectivity index (χ2v) is 5.80. The molecule has 0 aliphatic rings. The SMILES string of the molecule is CN=C(NCc1ccnc(-n2cccn2)c1)NCc1nnc2ccccn12.I. The minimum atomic E-state index is 0. The number of guanidine groups is 1. The molecule has 0 bridgehead atoms. The van der Waals surface area contributed by atoms with Crippen molar-refractivity contribution in [1.82, 2.24) is 40.0 Å². The minimum Gasteiger partial charge on any atom is -0.352 e. The quantitative estimate of drug-likeness (QED) is 0.252. The van der Waals surface area contributed by atoms with Crippen LogP contribution < -0.4 is 10.6 Å². The maximum atomic E-state index is 4.34. The van der Waals surface area contributed by atoms with Crippen LogP contribution in [0.3, 0.4) is 0 Å². The molecule has 9 nitrogen and oxygen atoms in total. The summed E-state index contributed by atoms with van der Waals surface area (Å²) in [7, 11) is 1.74. The lowest BCUT2D eigenvalue weighted by atomic mass is 10.2. The van der Waals surface area contributed by atoms with E-state index in [0.29, 0.717) is 19.0 Å². The van der Waals surface area contributed by atoms with Gasteiger partial charge in [0, 0.05) is 38.4 Å². The van der Waals surface area contributed by atoms with E-state index in [1.54, 1.807) is 24.1 Å². The molecule has 4 aromatic heterocycles. The summed E-state index contributed by atoms with van der Waals surface area (Å²) in [6.07, 6.45) is 7.30. The molecule has 0 saturated heterocycles. The van der Waals surface area contributed by atoms with Crippen LogP contribution in [0.4, 0.5) is 0 Å². The van der Waals surface area contributed by atoms with Crippen molar-refractivity contribution >= 4 is 35.6 Å². The highest BCUT2D eigenvalue weighted by Crippen LogP contribution is 2.06. The van der Waals surface area contributed by atoms with Gasteiger partial charge in [-0.25, -0.2) is 9.67 Å². The van der Waals surface area contributed by atoms with Crippen LogP contribution in [0.15, 0.2) is 66.2 Å². The lowest BCUT2D eigenvalue weighted by Gasteiger charge is -2.12. The number of nitrogens with one attached hydrogen (secondary N) is 2. The summed E-state index contributed by atoms with van der Waals surface area (Å²) in [6.45, 7) is 1.12. The molecule has 0 amide bonds. The number of rotatable bonds is 5. The smallest absolute Gasteiger partial charge is 0.191 e. The number of pyridine rings is 2. The van der Waals surface area contributed by atoms with E-state index in [0.717, 1.165) is 22.9 Å². The second kappa shape index (κ2) is 9.26. The van der Waals surface area contributed by atoms with Crippen LogP contribution in [0.2, 0.25) is 0 Å². The summed E-state index contributed by atoms with van der Waals surface area (Å²) in [5, 5.41) is 19.1. The van der Waals surface area contributed by atoms with Crippen LogP contribution in [-0.4, -0.2) is 42.4 Å². The Morgan fingerprint density at radius 3 is 2.75 bits per heavy atom. The van der Waals surface area contributed by atoms with E-state index < -0.39 is 0 Å². The summed E-state index contributed by atoms with van der Waals surface area (Å²) >= 11 is 0. The number of hydrogen-bond donors (Lipinski definition) is 2. The summed E-state index contributed by atoms with van der Waals surface area (Å²) in [5.74, 6) is 2.27. The summed E-state index contributed by atoms with van der Waals surface area (Å²) in [5.41, 5.74) is 1.89. The highest BCUT2D eigenvalue weighted by atomic mass is 127. The van der Waals surface area contributed by atoms with E-state index in [-0.39, 0.29) is 24.0 Å². The summed E-state index contributed by atoms with van der Waals surface area (Å²) in [6, 6.07) is 11.6. The molecular formula is C18H20IN9. The molecule has 0 aliphatic carbocycles. The van der Waals surface area contributed by atoms with Gasteiger partial charge in [0.05, 0.1) is 6.54 Å². The number of aliphatic imine (C=N–C) groups is 1. The topological polar surface area (TPSA) is 97.3 Å². The van der Waals surface area contributed by atoms with E-state index in [4.69, 9.17) is 0 Å². The van der Waals surface area contributed by atoms with Crippen LogP contribution in [0.5, 0.6) is 0 Å². The number of fused-ring (bicyclic) bond motifs is 1. The van der Waals surface area contributed by atoms with E-state index >= 15 is 0 Å². The molecule has 0 fully saturated rings. The zero-order chi connectivity index (χ0) is 18.5. The Bertz CT molecular complexity index is 1060. The summed E-state index contributed by atoms with van der Waals surface area (Å²) in [4.78, 5) is 8.60. The monoisotopic (exact) mass is 489 g/mol. The van der Waals surface area contributed by atoms with Crippen molar-refractivity contribution in [2.24, 2.45) is 4.99 Å². The van der Waals surface area contributed by atoms with Gasteiger partial charge in [0.2, 0.25) is 0 Å². The lowest BCUT2D eigenvalue weighted by Crippen LogP contribution is -2.36. The largest absolute Gasteiger partial charge is 0.352 e. The number of aromatic nitrogens is 6. The molecule has 10 heteroatoms. The molecule has 2 N–H and O–H groups in total. The molecule has 0 unspecified atom stereocenters. The Kier molecular flexibility index (Phi) is 6.53. The lowest BCUT2D eigenvalue weighted by molar-refractivity contribution is 0.760. The van der Waals surface area contributed by atoms with E-state index in [9.17, 15) is 0 Å². The van der Waals surface area contributed by atoms with Gasteiger partial charge in [-0.05, 0) is 35.9 Å². The molecule has 4 aromatic rings. The van der Waals surface area contributed by atoms with Crippen LogP contribution in [0, 0.1) is 0 Å². The molecule has 0 aliphatic heterocycles. The molecule has 0 aromatic carbocycles. The third-order valence-corrected chi connectivity index (χ3v) is 4.03. The van der Waals surface area contributed by atoms with Crippen molar-refractivity contribution in [3.63, 3.8) is 0 Å². The maximum Gasteiger partial charge on any atom is 0.191 e. The van der Waals surface area contributed by atoms with Gasteiger partial charge in [0.1, 0.15) is 0 Å². The van der Waals surface area contributed by atoms with Gasteiger partial charge in [-0.3, -0.25) is 9.39 Å². The molecule has 0 radical (unpaired) electrons. The van der Waals surface area contributed by atoms with Crippen LogP contribution in [-0.2, 0) is 13.1 Å². The first-order valence-corrected chi connectivity index (χ1v) is 8.51. The predicted octanol–water partition coefficient (Wildman–Crippen LogP) is 1.79. The van der Waals surface area contributed by atoms with Gasteiger partial charge in [0.15, 0.2) is 23.2 Å². The third kappa shape index (κ3) is 4.44. The minimum absolute atomic E-state index is 0. The first kappa shape index (κ1) is 19.7. The van der Waals surface area contributed by atoms with Gasteiger partial charge < -0.3 is 10.6 Å². The Morgan fingerprint density at radius 2 is 1.93 bits per heavy atom. The Labute approximate surface area is 178 Å². The zero-order valence-corrected chi connectivity index (χ0v) is 17.6. The van der Waals surface area contributed by atoms with Crippen molar-refractivity contribution in [2.45, 2.75) is 13.1 Å². The predicted molar refractivity (Wildman–Crippen MR) is 117 cm³/mol. The van der Waals surface area contributed by atoms with Crippen molar-refractivity contribution < 1.29 is 0 Å². The molecule has 4 heterocycles. The number of hydrogen-bond acceptors (Lipinski definition) is 5. The molecule has 0 atom stereocenters. The Balaban J connectivity index is 0.00000225. The van der Waals surface area contributed by atoms with Gasteiger partial charge in [-0.15, -0.1) is 34.2 Å². The average molecular weight is 489 g/mol. The number of halogens is 1. The molecule has 0 spiro atoms. The zero-order valence-electron chi connectivity index (χ0n) is 15.2. The molecule has 4 rings (SSSR count). The van der Waals surface area contributed by atoms with Crippen LogP contribution >= 0.6 is 24.0 Å². The van der Waals surface area contributed by atoms with Crippen LogP contribution in [0.25, 0.3) is 11.5 Å². The highest BCUT2D eigenvalue weighted by Gasteiger charge is 2.06. The Hall–Kier alpha value is -3.02. The third-order valence-electron chi connectivity index (χ3n) is 4.03. The maximum absolute atomic E-state index is 4.34. The van der Waals surface area contributed by atoms with Gasteiger partial charge in [-0.1, -0.05) is 6.07 Å². The van der Waals surface area contributed by atoms with Crippen molar-refractivity contribution in [3.8, 4) is 5.82 Å². The van der Waals surface area contributed by atoms with Crippen molar-refractivity contribution in [3.05, 3.63) is 72.6 Å². The van der Waals surface area contributed by atoms with Crippen molar-refractivity contribution in [2.75, 3.05) is 7.05 Å². The standard InChI is InChI=1S/C18H19N9.HI/c1-19-18(22-13-17-25-24-15-5-2-3-9-26(15)17)21-12-14-6-8-20-16(11-14)27-10-4-7-23-27;/h2-11H,12-13H2,1H3,(H2,19,21,22);1H. The average Bonchev–Trinajstić information content (AvgIpc) is 3.39. The molecule has 144 valence electrons. The van der Waals surface area contributed by atoms with Crippen LogP contribution in [0.1, 0.15) is 11.4 Å². The highest BCUT2D eigenvalue weighted by molar-refractivity contribution is 14.0. The van der Waals surface area contributed by atoms with E-state index in [2.05, 4.69) is 35.9 Å². The van der Waals surface area contributed by atoms with E-state index in [1.807, 2.05) is 53.2 Å². The normalized spacial score (nSPS) is 11.2.